The molecule has 0 saturated heterocycles. The SMILES string of the molecule is CO/N=C(\C)c1ccc(C2=NOC(O)(C(F)(F)F)C2)cc1. The minimum Gasteiger partial charge on any atom is -0.399 e. The van der Waals surface area contributed by atoms with E-state index >= 15 is 0 Å². The zero-order chi connectivity index (χ0) is 15.7. The monoisotopic (exact) mass is 302 g/mol. The molecule has 1 heterocycles. The average Bonchev–Trinajstić information content (AvgIpc) is 2.83. The van der Waals surface area contributed by atoms with Crippen molar-refractivity contribution in [3.05, 3.63) is 35.4 Å². The first-order valence-corrected chi connectivity index (χ1v) is 5.99. The van der Waals surface area contributed by atoms with Gasteiger partial charge in [-0.15, -0.1) is 0 Å². The van der Waals surface area contributed by atoms with Crippen molar-refractivity contribution < 1.29 is 28.0 Å². The molecule has 8 heteroatoms. The Morgan fingerprint density at radius 2 is 2.00 bits per heavy atom. The summed E-state index contributed by atoms with van der Waals surface area (Å²) in [5.74, 6) is -3.26. The van der Waals surface area contributed by atoms with Gasteiger partial charge in [-0.1, -0.05) is 34.6 Å². The topological polar surface area (TPSA) is 63.4 Å². The van der Waals surface area contributed by atoms with Crippen LogP contribution < -0.4 is 0 Å². The molecule has 1 N–H and O–H groups in total. The van der Waals surface area contributed by atoms with Crippen LogP contribution in [-0.4, -0.2) is 35.6 Å². The molecular weight excluding hydrogens is 289 g/mol. The molecule has 1 aromatic carbocycles. The van der Waals surface area contributed by atoms with Crippen molar-refractivity contribution in [2.24, 2.45) is 10.3 Å². The van der Waals surface area contributed by atoms with Crippen LogP contribution in [0.4, 0.5) is 13.2 Å². The largest absolute Gasteiger partial charge is 0.458 e. The van der Waals surface area contributed by atoms with Crippen molar-refractivity contribution in [3.8, 4) is 0 Å². The van der Waals surface area contributed by atoms with Crippen molar-refractivity contribution >= 4 is 11.4 Å². The van der Waals surface area contributed by atoms with E-state index in [9.17, 15) is 18.3 Å². The van der Waals surface area contributed by atoms with Gasteiger partial charge in [-0.2, -0.15) is 13.2 Å². The van der Waals surface area contributed by atoms with Gasteiger partial charge in [-0.3, -0.25) is 0 Å². The Bertz CT molecular complexity index is 581. The van der Waals surface area contributed by atoms with Crippen LogP contribution in [0.3, 0.4) is 0 Å². The highest BCUT2D eigenvalue weighted by Gasteiger charge is 2.60. The third-order valence-corrected chi connectivity index (χ3v) is 3.02. The molecule has 0 aromatic heterocycles. The lowest BCUT2D eigenvalue weighted by Gasteiger charge is -2.22. The average molecular weight is 302 g/mol. The summed E-state index contributed by atoms with van der Waals surface area (Å²) in [6.07, 6.45) is -5.65. The molecule has 0 bridgehead atoms. The second kappa shape index (κ2) is 5.36. The molecule has 1 unspecified atom stereocenters. The van der Waals surface area contributed by atoms with Crippen LogP contribution in [0.25, 0.3) is 0 Å². The first-order chi connectivity index (χ1) is 9.77. The summed E-state index contributed by atoms with van der Waals surface area (Å²) in [7, 11) is 1.42. The first kappa shape index (κ1) is 15.3. The quantitative estimate of drug-likeness (QED) is 0.689. The maximum Gasteiger partial charge on any atom is 0.458 e. The first-order valence-electron chi connectivity index (χ1n) is 5.99. The summed E-state index contributed by atoms with van der Waals surface area (Å²) in [4.78, 5) is 8.80. The lowest BCUT2D eigenvalue weighted by molar-refractivity contribution is -0.355. The van der Waals surface area contributed by atoms with Crippen molar-refractivity contribution in [2.75, 3.05) is 7.11 Å². The molecule has 1 aliphatic rings. The Balaban J connectivity index is 2.17. The van der Waals surface area contributed by atoms with E-state index in [0.29, 0.717) is 11.3 Å². The smallest absolute Gasteiger partial charge is 0.399 e. The van der Waals surface area contributed by atoms with Crippen LogP contribution in [0.2, 0.25) is 0 Å². The Labute approximate surface area is 118 Å². The normalized spacial score (nSPS) is 22.8. The van der Waals surface area contributed by atoms with E-state index < -0.39 is 18.4 Å². The number of oxime groups is 2. The van der Waals surface area contributed by atoms with E-state index in [4.69, 9.17) is 0 Å². The summed E-state index contributed by atoms with van der Waals surface area (Å²) < 4.78 is 37.8. The minimum absolute atomic E-state index is 0.0303. The molecule has 21 heavy (non-hydrogen) atoms. The predicted octanol–water partition coefficient (Wildman–Crippen LogP) is 2.43. The molecule has 114 valence electrons. The van der Waals surface area contributed by atoms with E-state index in [1.54, 1.807) is 31.2 Å². The summed E-state index contributed by atoms with van der Waals surface area (Å²) in [6, 6.07) is 6.49. The third-order valence-electron chi connectivity index (χ3n) is 3.02. The van der Waals surface area contributed by atoms with Gasteiger partial charge in [0.2, 0.25) is 0 Å². The maximum atomic E-state index is 12.6. The molecule has 1 aliphatic heterocycles. The van der Waals surface area contributed by atoms with Crippen LogP contribution in [-0.2, 0) is 9.68 Å². The fourth-order valence-electron chi connectivity index (χ4n) is 1.82. The highest BCUT2D eigenvalue weighted by Crippen LogP contribution is 2.38. The molecule has 5 nitrogen and oxygen atoms in total. The Hall–Kier alpha value is -2.09. The number of hydrogen-bond acceptors (Lipinski definition) is 5. The van der Waals surface area contributed by atoms with Crippen LogP contribution in [0.5, 0.6) is 0 Å². The zero-order valence-corrected chi connectivity index (χ0v) is 11.3. The number of benzene rings is 1. The van der Waals surface area contributed by atoms with Gasteiger partial charge in [-0.05, 0) is 18.1 Å². The van der Waals surface area contributed by atoms with Gasteiger partial charge in [0, 0.05) is 0 Å². The summed E-state index contributed by atoms with van der Waals surface area (Å²) in [5, 5.41) is 16.5. The molecule has 0 aliphatic carbocycles. The highest BCUT2D eigenvalue weighted by molar-refractivity contribution is 6.03. The molecular formula is C13H13F3N2O3. The summed E-state index contributed by atoms with van der Waals surface area (Å²) in [6.45, 7) is 1.73. The Morgan fingerprint density at radius 1 is 1.38 bits per heavy atom. The Morgan fingerprint density at radius 3 is 2.48 bits per heavy atom. The lowest BCUT2D eigenvalue weighted by atomic mass is 10.0. The van der Waals surface area contributed by atoms with Gasteiger partial charge in [0.15, 0.2) is 0 Å². The van der Waals surface area contributed by atoms with Gasteiger partial charge in [0.25, 0.3) is 0 Å². The van der Waals surface area contributed by atoms with Crippen LogP contribution in [0.1, 0.15) is 24.5 Å². The van der Waals surface area contributed by atoms with Crippen molar-refractivity contribution in [3.63, 3.8) is 0 Å². The number of nitrogens with zero attached hydrogens (tertiary/aromatic N) is 2. The van der Waals surface area contributed by atoms with Gasteiger partial charge < -0.3 is 14.8 Å². The molecule has 0 fully saturated rings. The molecule has 1 atom stereocenters. The third kappa shape index (κ3) is 2.99. The van der Waals surface area contributed by atoms with Gasteiger partial charge >= 0.3 is 12.0 Å². The summed E-state index contributed by atoms with van der Waals surface area (Å²) >= 11 is 0. The minimum atomic E-state index is -4.90. The van der Waals surface area contributed by atoms with Crippen LogP contribution in [0.15, 0.2) is 34.6 Å². The van der Waals surface area contributed by atoms with Crippen molar-refractivity contribution in [1.29, 1.82) is 0 Å². The van der Waals surface area contributed by atoms with Gasteiger partial charge in [0.05, 0.1) is 17.8 Å². The second-order valence-electron chi connectivity index (χ2n) is 4.52. The fraction of sp³-hybridized carbons (Fsp3) is 0.385. The Kier molecular flexibility index (Phi) is 3.91. The molecule has 0 spiro atoms. The van der Waals surface area contributed by atoms with E-state index in [-0.39, 0.29) is 5.71 Å². The van der Waals surface area contributed by atoms with E-state index in [2.05, 4.69) is 20.0 Å². The van der Waals surface area contributed by atoms with E-state index in [0.717, 1.165) is 5.56 Å². The van der Waals surface area contributed by atoms with Crippen LogP contribution in [0, 0.1) is 0 Å². The molecule has 0 saturated carbocycles. The second-order valence-corrected chi connectivity index (χ2v) is 4.52. The number of rotatable bonds is 3. The van der Waals surface area contributed by atoms with Crippen molar-refractivity contribution in [1.82, 2.24) is 0 Å². The maximum absolute atomic E-state index is 12.6. The number of halogens is 3. The van der Waals surface area contributed by atoms with Crippen LogP contribution >= 0.6 is 0 Å². The fourth-order valence-corrected chi connectivity index (χ4v) is 1.82. The highest BCUT2D eigenvalue weighted by atomic mass is 19.4. The predicted molar refractivity (Wildman–Crippen MR) is 68.9 cm³/mol. The lowest BCUT2D eigenvalue weighted by Crippen LogP contribution is -2.45. The standard InChI is InChI=1S/C13H13F3N2O3/c1-8(17-20-2)9-3-5-10(6-4-9)11-7-12(19,21-18-11)13(14,15)16/h3-6,19H,7H2,1-2H3/b17-8+. The van der Waals surface area contributed by atoms with E-state index in [1.165, 1.54) is 7.11 Å². The molecule has 0 amide bonds. The zero-order valence-electron chi connectivity index (χ0n) is 11.3. The summed E-state index contributed by atoms with van der Waals surface area (Å²) in [5.41, 5.74) is 1.85. The van der Waals surface area contributed by atoms with E-state index in [1.807, 2.05) is 0 Å². The number of hydrogen-bond donors (Lipinski definition) is 1. The van der Waals surface area contributed by atoms with Gasteiger partial charge in [0.1, 0.15) is 7.11 Å². The molecule has 1 aromatic rings. The number of aliphatic hydroxyl groups is 1. The number of alkyl halides is 3. The molecule has 0 radical (unpaired) electrons. The van der Waals surface area contributed by atoms with Gasteiger partial charge in [-0.25, -0.2) is 0 Å². The molecule has 2 rings (SSSR count). The van der Waals surface area contributed by atoms with Crippen molar-refractivity contribution in [2.45, 2.75) is 25.3 Å².